The third-order valence-corrected chi connectivity index (χ3v) is 3.78. The molecule has 1 aromatic carbocycles. The molecule has 2 aromatic rings. The second-order valence-electron chi connectivity index (χ2n) is 5.90. The van der Waals surface area contributed by atoms with Crippen molar-refractivity contribution in [1.29, 1.82) is 0 Å². The van der Waals surface area contributed by atoms with Gasteiger partial charge in [0.25, 0.3) is 0 Å². The van der Waals surface area contributed by atoms with Crippen LogP contribution in [-0.2, 0) is 7.05 Å². The van der Waals surface area contributed by atoms with Crippen molar-refractivity contribution >= 4 is 28.7 Å². The largest absolute Gasteiger partial charge is 0.401 e. The smallest absolute Gasteiger partial charge is 0.0859 e. The van der Waals surface area contributed by atoms with Gasteiger partial charge in [-0.25, -0.2) is 0 Å². The Kier molecular flexibility index (Phi) is 8.49. The molecule has 6 N–H and O–H groups in total. The van der Waals surface area contributed by atoms with E-state index in [1.165, 1.54) is 0 Å². The van der Waals surface area contributed by atoms with Crippen LogP contribution in [-0.4, -0.2) is 16.0 Å². The summed E-state index contributed by atoms with van der Waals surface area (Å²) >= 11 is 0. The normalized spacial score (nSPS) is 12.2. The maximum Gasteiger partial charge on any atom is 0.0859 e. The van der Waals surface area contributed by atoms with E-state index in [0.29, 0.717) is 22.8 Å². The fraction of sp³-hybridized carbons (Fsp3) is 0.182. The zero-order chi connectivity index (χ0) is 21.3. The Labute approximate surface area is 167 Å². The van der Waals surface area contributed by atoms with Crippen molar-refractivity contribution in [3.8, 4) is 0 Å². The van der Waals surface area contributed by atoms with Crippen LogP contribution in [0, 0.1) is 0 Å². The van der Waals surface area contributed by atoms with E-state index in [2.05, 4.69) is 23.2 Å². The third-order valence-electron chi connectivity index (χ3n) is 3.78. The summed E-state index contributed by atoms with van der Waals surface area (Å²) in [4.78, 5) is 4.42. The molecule has 0 radical (unpaired) electrons. The molecular formula is C22H30N6. The third kappa shape index (κ3) is 6.02. The number of nitrogens with zero attached hydrogens (tertiary/aromatic N) is 3. The molecule has 0 atom stereocenters. The number of nitrogen functional groups attached to an aromatic ring is 1. The Morgan fingerprint density at radius 2 is 1.89 bits per heavy atom. The molecule has 0 bridgehead atoms. The summed E-state index contributed by atoms with van der Waals surface area (Å²) in [6.45, 7) is 13.6. The molecule has 0 saturated heterocycles. The summed E-state index contributed by atoms with van der Waals surface area (Å²) in [6.07, 6.45) is 8.76. The lowest BCUT2D eigenvalue weighted by Crippen LogP contribution is -2.04. The lowest BCUT2D eigenvalue weighted by atomic mass is 10.0. The molecule has 0 unspecified atom stereocenters. The van der Waals surface area contributed by atoms with E-state index in [0.717, 1.165) is 22.3 Å². The van der Waals surface area contributed by atoms with Crippen LogP contribution in [0.3, 0.4) is 0 Å². The topological polar surface area (TPSA) is 108 Å². The number of rotatable bonds is 6. The predicted octanol–water partition coefficient (Wildman–Crippen LogP) is 4.16. The molecule has 1 heterocycles. The van der Waals surface area contributed by atoms with Crippen LogP contribution in [0.15, 0.2) is 72.3 Å². The number of hydrogen-bond donors (Lipinski definition) is 3. The van der Waals surface area contributed by atoms with E-state index in [9.17, 15) is 0 Å². The minimum atomic E-state index is 0.494. The van der Waals surface area contributed by atoms with Crippen molar-refractivity contribution in [2.24, 2.45) is 23.5 Å². The number of allylic oxidation sites excluding steroid dienone is 5. The zero-order valence-corrected chi connectivity index (χ0v) is 17.1. The van der Waals surface area contributed by atoms with E-state index in [-0.39, 0.29) is 0 Å². The van der Waals surface area contributed by atoms with Gasteiger partial charge in [0, 0.05) is 30.7 Å². The molecular weight excluding hydrogens is 348 g/mol. The van der Waals surface area contributed by atoms with E-state index < -0.39 is 0 Å². The van der Waals surface area contributed by atoms with Crippen molar-refractivity contribution in [1.82, 2.24) is 9.78 Å². The van der Waals surface area contributed by atoms with Gasteiger partial charge in [-0.2, -0.15) is 5.10 Å². The fourth-order valence-corrected chi connectivity index (χ4v) is 2.20. The van der Waals surface area contributed by atoms with Gasteiger partial charge < -0.3 is 17.2 Å². The average Bonchev–Trinajstić information content (AvgIpc) is 3.12. The highest BCUT2D eigenvalue weighted by Gasteiger charge is 2.04. The van der Waals surface area contributed by atoms with E-state index in [4.69, 9.17) is 17.2 Å². The van der Waals surface area contributed by atoms with Crippen molar-refractivity contribution < 1.29 is 0 Å². The van der Waals surface area contributed by atoms with Gasteiger partial charge in [0.1, 0.15) is 0 Å². The number of aromatic nitrogens is 2. The summed E-state index contributed by atoms with van der Waals surface area (Å²) in [7, 11) is 1.85. The first-order chi connectivity index (χ1) is 13.3. The number of aryl methyl sites for hydroxylation is 1. The van der Waals surface area contributed by atoms with Crippen LogP contribution >= 0.6 is 0 Å². The van der Waals surface area contributed by atoms with E-state index in [1.54, 1.807) is 36.2 Å². The van der Waals surface area contributed by atoms with Gasteiger partial charge in [0.15, 0.2) is 0 Å². The van der Waals surface area contributed by atoms with E-state index in [1.807, 2.05) is 45.3 Å². The first-order valence-electron chi connectivity index (χ1n) is 8.99. The summed E-state index contributed by atoms with van der Waals surface area (Å²) in [5.41, 5.74) is 23.3. The molecule has 6 nitrogen and oxygen atoms in total. The van der Waals surface area contributed by atoms with Gasteiger partial charge >= 0.3 is 0 Å². The van der Waals surface area contributed by atoms with Crippen molar-refractivity contribution in [3.63, 3.8) is 0 Å². The lowest BCUT2D eigenvalue weighted by molar-refractivity contribution is 0.767. The second-order valence-corrected chi connectivity index (χ2v) is 5.90. The van der Waals surface area contributed by atoms with Gasteiger partial charge in [-0.3, -0.25) is 9.67 Å². The minimum Gasteiger partial charge on any atom is -0.401 e. The molecule has 2 rings (SSSR count). The quantitative estimate of drug-likeness (QED) is 0.398. The van der Waals surface area contributed by atoms with Crippen LogP contribution in [0.1, 0.15) is 31.9 Å². The maximum absolute atomic E-state index is 6.14. The predicted molar refractivity (Wildman–Crippen MR) is 122 cm³/mol. The number of nitrogens with two attached hydrogens (primary N) is 3. The number of aliphatic imine (C=N–C) groups is 1. The Balaban J connectivity index is 0.00000190. The molecule has 0 spiro atoms. The maximum atomic E-state index is 6.14. The zero-order valence-electron chi connectivity index (χ0n) is 17.1. The van der Waals surface area contributed by atoms with Gasteiger partial charge in [-0.05, 0) is 41.8 Å². The van der Waals surface area contributed by atoms with Crippen LogP contribution in [0.5, 0.6) is 0 Å². The molecule has 0 aliphatic rings. The van der Waals surface area contributed by atoms with Gasteiger partial charge in [-0.1, -0.05) is 39.1 Å². The first-order valence-corrected chi connectivity index (χ1v) is 8.99. The molecule has 148 valence electrons. The molecule has 28 heavy (non-hydrogen) atoms. The molecule has 0 saturated carbocycles. The molecule has 0 aliphatic carbocycles. The molecule has 0 aliphatic heterocycles. The summed E-state index contributed by atoms with van der Waals surface area (Å²) < 4.78 is 1.71. The highest BCUT2D eigenvalue weighted by Crippen LogP contribution is 2.27. The average molecular weight is 379 g/mol. The molecule has 6 heteroatoms. The minimum absolute atomic E-state index is 0.494. The summed E-state index contributed by atoms with van der Waals surface area (Å²) in [6, 6.07) is 5.57. The highest BCUT2D eigenvalue weighted by molar-refractivity contribution is 6.09. The monoisotopic (exact) mass is 378 g/mol. The van der Waals surface area contributed by atoms with Crippen molar-refractivity contribution in [2.45, 2.75) is 20.8 Å². The van der Waals surface area contributed by atoms with Crippen LogP contribution in [0.4, 0.5) is 11.4 Å². The van der Waals surface area contributed by atoms with Crippen LogP contribution in [0.25, 0.3) is 11.1 Å². The highest BCUT2D eigenvalue weighted by atomic mass is 15.2. The number of anilines is 1. The van der Waals surface area contributed by atoms with Crippen molar-refractivity contribution in [3.05, 3.63) is 78.4 Å². The number of hydrogen-bond acceptors (Lipinski definition) is 5. The van der Waals surface area contributed by atoms with Crippen LogP contribution < -0.4 is 17.2 Å². The van der Waals surface area contributed by atoms with Gasteiger partial charge in [0.05, 0.1) is 23.3 Å². The molecule has 1 aromatic heterocycles. The summed E-state index contributed by atoms with van der Waals surface area (Å²) in [5.74, 6) is 0. The summed E-state index contributed by atoms with van der Waals surface area (Å²) in [5, 5.41) is 4.12. The first kappa shape index (κ1) is 22.5. The second kappa shape index (κ2) is 10.6. The Bertz CT molecular complexity index is 924. The van der Waals surface area contributed by atoms with Crippen molar-refractivity contribution in [2.75, 3.05) is 5.73 Å². The fourth-order valence-electron chi connectivity index (χ4n) is 2.20. The molecule has 0 amide bonds. The lowest BCUT2D eigenvalue weighted by Gasteiger charge is -2.07. The van der Waals surface area contributed by atoms with Gasteiger partial charge in [0.2, 0.25) is 0 Å². The van der Waals surface area contributed by atoms with Crippen LogP contribution in [0.2, 0.25) is 0 Å². The molecule has 0 fully saturated rings. The SMILES string of the molecule is C=C/C(=C\C(N)=C(\C)N)c1ccc(N=CC(=C)c2cnn(C)c2)c(N)c1.CC. The van der Waals surface area contributed by atoms with E-state index >= 15 is 0 Å². The Hall–Kier alpha value is -3.54. The Morgan fingerprint density at radius 1 is 1.21 bits per heavy atom. The Morgan fingerprint density at radius 3 is 2.39 bits per heavy atom. The standard InChI is InChI=1S/C20H24N6.C2H6/c1-5-15(8-18(22)14(3)21)16-6-7-20(19(23)9-16)24-10-13(2)17-11-25-26(4)12-17;1-2/h5-12H,1-2,21-23H2,3-4H3;1-2H3/b15-8+,18-14+,24-10?;. The van der Waals surface area contributed by atoms with Gasteiger partial charge in [-0.15, -0.1) is 0 Å². The number of benzene rings is 1.